The number of nitrogens with zero attached hydrogens (tertiary/aromatic N) is 4. The summed E-state index contributed by atoms with van der Waals surface area (Å²) in [5, 5.41) is 7.59. The molecule has 7 nitrogen and oxygen atoms in total. The van der Waals surface area contributed by atoms with E-state index in [1.54, 1.807) is 0 Å². The van der Waals surface area contributed by atoms with Crippen LogP contribution in [-0.2, 0) is 17.7 Å². The van der Waals surface area contributed by atoms with Gasteiger partial charge in [0.15, 0.2) is 5.82 Å². The number of benzene rings is 1. The number of nitrogens with one attached hydrogen (secondary N) is 1. The van der Waals surface area contributed by atoms with Crippen LogP contribution in [0.2, 0.25) is 0 Å². The molecule has 2 aliphatic heterocycles. The van der Waals surface area contributed by atoms with E-state index in [4.69, 9.17) is 9.26 Å². The number of hydrogen-bond donors (Lipinski definition) is 1. The molecule has 2 saturated heterocycles. The van der Waals surface area contributed by atoms with E-state index >= 15 is 0 Å². The van der Waals surface area contributed by atoms with Crippen molar-refractivity contribution in [1.29, 1.82) is 0 Å². The van der Waals surface area contributed by atoms with E-state index in [0.717, 1.165) is 51.7 Å². The lowest BCUT2D eigenvalue weighted by Gasteiger charge is -2.32. The summed E-state index contributed by atoms with van der Waals surface area (Å²) in [6.45, 7) is 6.40. The average molecular weight is 357 g/mol. The molecular formula is C19H27N5O2. The quantitative estimate of drug-likeness (QED) is 0.859. The number of ether oxygens (including phenoxy) is 1. The van der Waals surface area contributed by atoms with Crippen LogP contribution in [0.25, 0.3) is 0 Å². The number of piperazine rings is 1. The summed E-state index contributed by atoms with van der Waals surface area (Å²) in [5.74, 6) is 1.44. The molecule has 1 aromatic heterocycles. The largest absolute Gasteiger partial charge is 0.375 e. The van der Waals surface area contributed by atoms with Crippen molar-refractivity contribution in [2.24, 2.45) is 0 Å². The fraction of sp³-hybridized carbons (Fsp3) is 0.579. The molecule has 140 valence electrons. The molecule has 2 aliphatic rings. The second-order valence-corrected chi connectivity index (χ2v) is 7.16. The van der Waals surface area contributed by atoms with E-state index < -0.39 is 0 Å². The molecular weight excluding hydrogens is 330 g/mol. The minimum absolute atomic E-state index is 0.1000. The number of morpholine rings is 1. The zero-order valence-electron chi connectivity index (χ0n) is 15.3. The highest BCUT2D eigenvalue weighted by Gasteiger charge is 2.27. The van der Waals surface area contributed by atoms with Crippen molar-refractivity contribution in [1.82, 2.24) is 25.3 Å². The third-order valence-electron chi connectivity index (χ3n) is 5.17. The molecule has 2 fully saturated rings. The highest BCUT2D eigenvalue weighted by molar-refractivity contribution is 5.14. The van der Waals surface area contributed by atoms with Crippen LogP contribution in [0.4, 0.5) is 0 Å². The van der Waals surface area contributed by atoms with Crippen molar-refractivity contribution in [3.05, 3.63) is 47.6 Å². The van der Waals surface area contributed by atoms with Crippen molar-refractivity contribution in [3.63, 3.8) is 0 Å². The van der Waals surface area contributed by atoms with Gasteiger partial charge < -0.3 is 14.6 Å². The van der Waals surface area contributed by atoms with Crippen LogP contribution < -0.4 is 5.32 Å². The van der Waals surface area contributed by atoms with E-state index in [0.29, 0.717) is 12.3 Å². The molecule has 2 unspecified atom stereocenters. The van der Waals surface area contributed by atoms with E-state index in [1.165, 1.54) is 5.56 Å². The number of rotatable bonds is 5. The number of likely N-dealkylation sites (N-methyl/N-ethyl adjacent to an activating group) is 1. The lowest BCUT2D eigenvalue weighted by atomic mass is 10.1. The zero-order valence-corrected chi connectivity index (χ0v) is 15.3. The van der Waals surface area contributed by atoms with Gasteiger partial charge in [-0.1, -0.05) is 35.5 Å². The van der Waals surface area contributed by atoms with Crippen molar-refractivity contribution in [3.8, 4) is 0 Å². The van der Waals surface area contributed by atoms with E-state index in [-0.39, 0.29) is 12.1 Å². The molecule has 26 heavy (non-hydrogen) atoms. The van der Waals surface area contributed by atoms with Gasteiger partial charge in [0.05, 0.1) is 25.2 Å². The van der Waals surface area contributed by atoms with Crippen molar-refractivity contribution in [2.75, 3.05) is 46.4 Å². The number of hydrogen-bond acceptors (Lipinski definition) is 7. The molecule has 1 N–H and O–H groups in total. The smallest absolute Gasteiger partial charge is 0.229 e. The molecule has 0 aliphatic carbocycles. The van der Waals surface area contributed by atoms with Crippen molar-refractivity contribution in [2.45, 2.75) is 25.1 Å². The van der Waals surface area contributed by atoms with Crippen LogP contribution in [0.1, 0.15) is 23.3 Å². The van der Waals surface area contributed by atoms with Gasteiger partial charge in [-0.2, -0.15) is 4.98 Å². The first kappa shape index (κ1) is 17.6. The van der Waals surface area contributed by atoms with Gasteiger partial charge in [0.2, 0.25) is 5.89 Å². The Morgan fingerprint density at radius 1 is 1.23 bits per heavy atom. The lowest BCUT2D eigenvalue weighted by Crippen LogP contribution is -2.44. The van der Waals surface area contributed by atoms with Gasteiger partial charge in [-0.25, -0.2) is 0 Å². The summed E-state index contributed by atoms with van der Waals surface area (Å²) >= 11 is 0. The maximum absolute atomic E-state index is 5.93. The van der Waals surface area contributed by atoms with E-state index in [2.05, 4.69) is 62.6 Å². The van der Waals surface area contributed by atoms with Crippen molar-refractivity contribution >= 4 is 0 Å². The minimum Gasteiger partial charge on any atom is -0.375 e. The van der Waals surface area contributed by atoms with Gasteiger partial charge in [-0.05, 0) is 12.6 Å². The first-order valence-corrected chi connectivity index (χ1v) is 9.39. The Morgan fingerprint density at radius 2 is 2.12 bits per heavy atom. The van der Waals surface area contributed by atoms with Crippen LogP contribution in [0.15, 0.2) is 34.9 Å². The fourth-order valence-corrected chi connectivity index (χ4v) is 3.66. The Bertz CT molecular complexity index is 692. The molecule has 0 spiro atoms. The van der Waals surface area contributed by atoms with Gasteiger partial charge in [0.1, 0.15) is 0 Å². The molecule has 2 aromatic rings. The predicted octanol–water partition coefficient (Wildman–Crippen LogP) is 1.09. The topological polar surface area (TPSA) is 66.7 Å². The SMILES string of the molecule is CN1CCNCC1c1noc(CC2CN(Cc3ccccc3)CCO2)n1. The van der Waals surface area contributed by atoms with Gasteiger partial charge in [-0.15, -0.1) is 0 Å². The average Bonchev–Trinajstić information content (AvgIpc) is 3.11. The van der Waals surface area contributed by atoms with Gasteiger partial charge in [-0.3, -0.25) is 9.80 Å². The summed E-state index contributed by atoms with van der Waals surface area (Å²) < 4.78 is 11.4. The second kappa shape index (κ2) is 8.26. The zero-order chi connectivity index (χ0) is 17.8. The monoisotopic (exact) mass is 357 g/mol. The molecule has 2 atom stereocenters. The summed E-state index contributed by atoms with van der Waals surface area (Å²) in [6.07, 6.45) is 0.769. The maximum atomic E-state index is 5.93. The molecule has 0 bridgehead atoms. The molecule has 0 amide bonds. The van der Waals surface area contributed by atoms with Gasteiger partial charge in [0, 0.05) is 39.3 Å². The predicted molar refractivity (Wildman–Crippen MR) is 97.7 cm³/mol. The second-order valence-electron chi connectivity index (χ2n) is 7.16. The molecule has 1 aromatic carbocycles. The molecule has 4 rings (SSSR count). The normalized spacial score (nSPS) is 25.4. The minimum atomic E-state index is 0.1000. The Hall–Kier alpha value is -1.80. The summed E-state index contributed by atoms with van der Waals surface area (Å²) in [5.41, 5.74) is 1.33. The van der Waals surface area contributed by atoms with Crippen LogP contribution in [0, 0.1) is 0 Å². The maximum Gasteiger partial charge on any atom is 0.229 e. The molecule has 0 radical (unpaired) electrons. The first-order valence-electron chi connectivity index (χ1n) is 9.39. The van der Waals surface area contributed by atoms with Crippen LogP contribution in [-0.4, -0.2) is 72.4 Å². The molecule has 7 heteroatoms. The Kier molecular flexibility index (Phi) is 5.59. The van der Waals surface area contributed by atoms with E-state index in [1.807, 2.05) is 0 Å². The van der Waals surface area contributed by atoms with Crippen LogP contribution >= 0.6 is 0 Å². The van der Waals surface area contributed by atoms with Crippen molar-refractivity contribution < 1.29 is 9.26 Å². The Labute approximate surface area is 154 Å². The Balaban J connectivity index is 1.34. The third kappa shape index (κ3) is 4.29. The highest BCUT2D eigenvalue weighted by atomic mass is 16.5. The number of aromatic nitrogens is 2. The summed E-state index contributed by atoms with van der Waals surface area (Å²) in [7, 11) is 2.10. The van der Waals surface area contributed by atoms with Gasteiger partial charge >= 0.3 is 0 Å². The fourth-order valence-electron chi connectivity index (χ4n) is 3.66. The molecule has 0 saturated carbocycles. The molecule has 3 heterocycles. The van der Waals surface area contributed by atoms with Crippen LogP contribution in [0.3, 0.4) is 0 Å². The van der Waals surface area contributed by atoms with Crippen LogP contribution in [0.5, 0.6) is 0 Å². The Morgan fingerprint density at radius 3 is 2.96 bits per heavy atom. The summed E-state index contributed by atoms with van der Waals surface area (Å²) in [4.78, 5) is 9.33. The summed E-state index contributed by atoms with van der Waals surface area (Å²) in [6, 6.07) is 10.8. The standard InChI is InChI=1S/C19H27N5O2/c1-23-8-7-20-12-17(23)19-21-18(26-22-19)11-16-14-24(9-10-25-16)13-15-5-3-2-4-6-15/h2-6,16-17,20H,7-14H2,1H3. The third-order valence-corrected chi connectivity index (χ3v) is 5.17. The van der Waals surface area contributed by atoms with E-state index in [9.17, 15) is 0 Å². The van der Waals surface area contributed by atoms with Gasteiger partial charge in [0.25, 0.3) is 0 Å². The highest BCUT2D eigenvalue weighted by Crippen LogP contribution is 2.19. The lowest BCUT2D eigenvalue weighted by molar-refractivity contribution is -0.0335. The first-order chi connectivity index (χ1) is 12.8.